The van der Waals surface area contributed by atoms with Crippen LogP contribution in [0.1, 0.15) is 11.1 Å². The smallest absolute Gasteiger partial charge is 0.226 e. The van der Waals surface area contributed by atoms with E-state index in [-0.39, 0.29) is 11.8 Å². The fourth-order valence-electron chi connectivity index (χ4n) is 4.01. The van der Waals surface area contributed by atoms with E-state index in [1.165, 1.54) is 11.1 Å². The van der Waals surface area contributed by atoms with Gasteiger partial charge in [-0.1, -0.05) is 0 Å². The summed E-state index contributed by atoms with van der Waals surface area (Å²) in [6, 6.07) is 4.07. The Labute approximate surface area is 155 Å². The van der Waals surface area contributed by atoms with E-state index in [1.807, 2.05) is 29.4 Å². The monoisotopic (exact) mass is 365 g/mol. The molecule has 5 rings (SSSR count). The summed E-state index contributed by atoms with van der Waals surface area (Å²) in [6.45, 7) is 3.13. The van der Waals surface area contributed by atoms with Gasteiger partial charge in [0.2, 0.25) is 5.91 Å². The Balaban J connectivity index is 1.26. The van der Waals surface area contributed by atoms with E-state index in [4.69, 9.17) is 0 Å². The molecule has 1 aliphatic carbocycles. The average molecular weight is 365 g/mol. The lowest BCUT2D eigenvalue weighted by molar-refractivity contribution is -0.135. The molecule has 4 heterocycles. The molecule has 3 aromatic rings. The second kappa shape index (κ2) is 6.32. The molecule has 1 aliphatic heterocycles. The molecule has 26 heavy (non-hydrogen) atoms. The lowest BCUT2D eigenvalue weighted by Crippen LogP contribution is -2.50. The molecular formula is C19H19N5OS. The molecule has 132 valence electrons. The maximum Gasteiger partial charge on any atom is 0.226 e. The summed E-state index contributed by atoms with van der Waals surface area (Å²) in [5, 5.41) is 2.05. The average Bonchev–Trinajstić information content (AvgIpc) is 3.34. The second-order valence-electron chi connectivity index (χ2n) is 6.89. The molecule has 2 aliphatic rings. The van der Waals surface area contributed by atoms with E-state index in [1.54, 1.807) is 17.7 Å². The number of hydrogen-bond donors (Lipinski definition) is 0. The third-order valence-corrected chi connectivity index (χ3v) is 6.30. The highest BCUT2D eigenvalue weighted by atomic mass is 32.1. The van der Waals surface area contributed by atoms with Crippen molar-refractivity contribution in [3.8, 4) is 0 Å². The van der Waals surface area contributed by atoms with Gasteiger partial charge in [-0.15, -0.1) is 11.3 Å². The van der Waals surface area contributed by atoms with Crippen LogP contribution < -0.4 is 4.90 Å². The highest BCUT2D eigenvalue weighted by Gasteiger charge is 2.32. The molecule has 0 radical (unpaired) electrons. The van der Waals surface area contributed by atoms with Gasteiger partial charge in [0.15, 0.2) is 0 Å². The van der Waals surface area contributed by atoms with Crippen LogP contribution >= 0.6 is 11.3 Å². The number of nitrogens with zero attached hydrogens (tertiary/aromatic N) is 5. The molecule has 1 saturated heterocycles. The molecule has 0 spiro atoms. The molecule has 0 bridgehead atoms. The van der Waals surface area contributed by atoms with E-state index in [0.717, 1.165) is 55.1 Å². The van der Waals surface area contributed by atoms with Crippen molar-refractivity contribution in [3.63, 3.8) is 0 Å². The number of amides is 1. The van der Waals surface area contributed by atoms with Crippen LogP contribution in [0.2, 0.25) is 0 Å². The number of rotatable bonds is 2. The zero-order chi connectivity index (χ0) is 17.5. The zero-order valence-corrected chi connectivity index (χ0v) is 15.2. The van der Waals surface area contributed by atoms with Crippen LogP contribution in [0, 0.1) is 5.92 Å². The molecule has 0 saturated carbocycles. The summed E-state index contributed by atoms with van der Waals surface area (Å²) in [7, 11) is 0. The van der Waals surface area contributed by atoms with E-state index in [0.29, 0.717) is 0 Å². The summed E-state index contributed by atoms with van der Waals surface area (Å²) in [4.78, 5) is 30.2. The van der Waals surface area contributed by atoms with Crippen LogP contribution in [-0.4, -0.2) is 51.9 Å². The number of thiophene rings is 1. The Morgan fingerprint density at radius 1 is 1.08 bits per heavy atom. The van der Waals surface area contributed by atoms with Gasteiger partial charge in [0, 0.05) is 44.5 Å². The van der Waals surface area contributed by atoms with Crippen molar-refractivity contribution < 1.29 is 4.79 Å². The molecular weight excluding hydrogens is 346 g/mol. The summed E-state index contributed by atoms with van der Waals surface area (Å²) in [5.41, 5.74) is 3.50. The standard InChI is InChI=1S/C19H19N5OS/c25-19(14-9-13-1-3-20-11-15(13)10-14)24-6-4-23(5-7-24)18-17-16(2-8-26-17)21-12-22-18/h1-3,8,11-12,14H,4-7,9-10H2. The van der Waals surface area contributed by atoms with Gasteiger partial charge < -0.3 is 9.80 Å². The minimum absolute atomic E-state index is 0.0730. The molecule has 1 atom stereocenters. The van der Waals surface area contributed by atoms with Crippen molar-refractivity contribution in [3.05, 3.63) is 47.4 Å². The summed E-state index contributed by atoms with van der Waals surface area (Å²) >= 11 is 1.67. The molecule has 1 unspecified atom stereocenters. The lowest BCUT2D eigenvalue weighted by atomic mass is 10.0. The van der Waals surface area contributed by atoms with Crippen LogP contribution in [-0.2, 0) is 17.6 Å². The van der Waals surface area contributed by atoms with E-state index in [9.17, 15) is 4.79 Å². The summed E-state index contributed by atoms with van der Waals surface area (Å²) in [6.07, 6.45) is 7.02. The van der Waals surface area contributed by atoms with Gasteiger partial charge in [-0.3, -0.25) is 9.78 Å². The molecule has 7 heteroatoms. The van der Waals surface area contributed by atoms with Crippen LogP contribution in [0.4, 0.5) is 5.82 Å². The highest BCUT2D eigenvalue weighted by Crippen LogP contribution is 2.30. The van der Waals surface area contributed by atoms with Crippen molar-refractivity contribution in [2.75, 3.05) is 31.1 Å². The number of carbonyl (C=O) groups excluding carboxylic acids is 1. The largest absolute Gasteiger partial charge is 0.352 e. The maximum absolute atomic E-state index is 12.9. The SMILES string of the molecule is O=C(C1Cc2ccncc2C1)N1CCN(c2ncnc3ccsc23)CC1. The fraction of sp³-hybridized carbons (Fsp3) is 0.368. The molecule has 0 aromatic carbocycles. The predicted octanol–water partition coefficient (Wildman–Crippen LogP) is 2.15. The Kier molecular flexibility index (Phi) is 3.81. The fourth-order valence-corrected chi connectivity index (χ4v) is 4.88. The van der Waals surface area contributed by atoms with Gasteiger partial charge in [0.1, 0.15) is 12.1 Å². The van der Waals surface area contributed by atoms with E-state index in [2.05, 4.69) is 25.2 Å². The quantitative estimate of drug-likeness (QED) is 0.696. The highest BCUT2D eigenvalue weighted by molar-refractivity contribution is 7.17. The van der Waals surface area contributed by atoms with Crippen LogP contribution in [0.5, 0.6) is 0 Å². The van der Waals surface area contributed by atoms with Crippen LogP contribution in [0.3, 0.4) is 0 Å². The number of pyridine rings is 1. The molecule has 3 aromatic heterocycles. The Bertz CT molecular complexity index is 938. The second-order valence-corrected chi connectivity index (χ2v) is 7.81. The third-order valence-electron chi connectivity index (χ3n) is 5.40. The molecule has 0 N–H and O–H groups in total. The maximum atomic E-state index is 12.9. The minimum Gasteiger partial charge on any atom is -0.352 e. The number of carbonyl (C=O) groups is 1. The summed E-state index contributed by atoms with van der Waals surface area (Å²) in [5.74, 6) is 1.35. The molecule has 6 nitrogen and oxygen atoms in total. The number of aromatic nitrogens is 3. The number of anilines is 1. The van der Waals surface area contributed by atoms with E-state index >= 15 is 0 Å². The first-order valence-corrected chi connectivity index (χ1v) is 9.81. The van der Waals surface area contributed by atoms with Gasteiger partial charge in [0.05, 0.1) is 10.2 Å². The predicted molar refractivity (Wildman–Crippen MR) is 101 cm³/mol. The number of hydrogen-bond acceptors (Lipinski definition) is 6. The Hall–Kier alpha value is -2.54. The van der Waals surface area contributed by atoms with Crippen molar-refractivity contribution in [2.45, 2.75) is 12.8 Å². The van der Waals surface area contributed by atoms with Crippen molar-refractivity contribution in [1.29, 1.82) is 0 Å². The lowest BCUT2D eigenvalue weighted by Gasteiger charge is -2.36. The third kappa shape index (κ3) is 2.63. The normalized spacial score (nSPS) is 19.8. The Morgan fingerprint density at radius 3 is 2.77 bits per heavy atom. The van der Waals surface area contributed by atoms with Gasteiger partial charge in [-0.25, -0.2) is 9.97 Å². The van der Waals surface area contributed by atoms with Crippen molar-refractivity contribution in [1.82, 2.24) is 19.9 Å². The van der Waals surface area contributed by atoms with Crippen molar-refractivity contribution in [2.24, 2.45) is 5.92 Å². The first-order chi connectivity index (χ1) is 12.8. The minimum atomic E-state index is 0.0730. The summed E-state index contributed by atoms with van der Waals surface area (Å²) < 4.78 is 1.13. The number of piperazine rings is 1. The number of fused-ring (bicyclic) bond motifs is 2. The van der Waals surface area contributed by atoms with Gasteiger partial charge in [-0.2, -0.15) is 0 Å². The van der Waals surface area contributed by atoms with Gasteiger partial charge in [0.25, 0.3) is 0 Å². The van der Waals surface area contributed by atoms with E-state index < -0.39 is 0 Å². The Morgan fingerprint density at radius 2 is 1.92 bits per heavy atom. The van der Waals surface area contributed by atoms with Gasteiger partial charge in [-0.05, 0) is 41.5 Å². The van der Waals surface area contributed by atoms with Crippen LogP contribution in [0.25, 0.3) is 10.2 Å². The first kappa shape index (κ1) is 15.7. The zero-order valence-electron chi connectivity index (χ0n) is 14.3. The van der Waals surface area contributed by atoms with Crippen molar-refractivity contribution >= 4 is 33.3 Å². The first-order valence-electron chi connectivity index (χ1n) is 8.93. The molecule has 1 fully saturated rings. The molecule has 1 amide bonds. The van der Waals surface area contributed by atoms with Crippen LogP contribution in [0.15, 0.2) is 36.2 Å². The topological polar surface area (TPSA) is 62.2 Å². The van der Waals surface area contributed by atoms with Gasteiger partial charge >= 0.3 is 0 Å².